The van der Waals surface area contributed by atoms with Gasteiger partial charge in [-0.1, -0.05) is 36.0 Å². The Hall–Kier alpha value is -1.80. The minimum Gasteiger partial charge on any atom is -0.301 e. The molecule has 1 aromatic heterocycles. The molecule has 1 heterocycles. The second-order valence-electron chi connectivity index (χ2n) is 4.78. The number of carbonyl (C=O) groups excluding carboxylic acids is 1. The van der Waals surface area contributed by atoms with Gasteiger partial charge in [-0.2, -0.15) is 0 Å². The molecule has 0 atom stereocenters. The van der Waals surface area contributed by atoms with Crippen LogP contribution >= 0.6 is 11.3 Å². The molecular formula is C14H17N3O3S2. The molecule has 1 N–H and O–H groups in total. The molecule has 0 bridgehead atoms. The summed E-state index contributed by atoms with van der Waals surface area (Å²) in [4.78, 5) is 11.6. The van der Waals surface area contributed by atoms with Crippen LogP contribution in [0.4, 0.5) is 5.13 Å². The molecule has 1 amide bonds. The lowest BCUT2D eigenvalue weighted by molar-refractivity contribution is -0.115. The highest BCUT2D eigenvalue weighted by atomic mass is 32.2. The summed E-state index contributed by atoms with van der Waals surface area (Å²) in [5.41, 5.74) is 1.01. The molecule has 1 aromatic carbocycles. The van der Waals surface area contributed by atoms with Crippen molar-refractivity contribution in [3.63, 3.8) is 0 Å². The van der Waals surface area contributed by atoms with Crippen molar-refractivity contribution in [2.24, 2.45) is 0 Å². The van der Waals surface area contributed by atoms with Crippen LogP contribution in [-0.4, -0.2) is 30.3 Å². The standard InChI is InChI=1S/C14H17N3O3S2/c1-3-12(18)15-14-17-16-13(21-14)8-9-22(19,20)11-6-4-10(2)5-7-11/h4-7H,3,8-9H2,1-2H3,(H,15,17,18). The van der Waals surface area contributed by atoms with E-state index < -0.39 is 9.84 Å². The van der Waals surface area contributed by atoms with Crippen molar-refractivity contribution in [2.75, 3.05) is 11.1 Å². The van der Waals surface area contributed by atoms with Gasteiger partial charge < -0.3 is 5.32 Å². The monoisotopic (exact) mass is 339 g/mol. The lowest BCUT2D eigenvalue weighted by atomic mass is 10.2. The molecule has 0 spiro atoms. The highest BCUT2D eigenvalue weighted by Gasteiger charge is 2.16. The van der Waals surface area contributed by atoms with Gasteiger partial charge in [-0.25, -0.2) is 8.42 Å². The minimum atomic E-state index is -3.34. The number of rotatable bonds is 6. The molecule has 0 aliphatic heterocycles. The largest absolute Gasteiger partial charge is 0.301 e. The van der Waals surface area contributed by atoms with Crippen molar-refractivity contribution in [1.82, 2.24) is 10.2 Å². The number of nitrogens with one attached hydrogen (secondary N) is 1. The first kappa shape index (κ1) is 16.6. The number of nitrogens with zero attached hydrogens (tertiary/aromatic N) is 2. The molecule has 0 aliphatic carbocycles. The fourth-order valence-electron chi connectivity index (χ4n) is 1.70. The van der Waals surface area contributed by atoms with E-state index in [1.165, 1.54) is 11.3 Å². The van der Waals surface area contributed by atoms with E-state index in [9.17, 15) is 13.2 Å². The zero-order valence-corrected chi connectivity index (χ0v) is 14.0. The van der Waals surface area contributed by atoms with Crippen molar-refractivity contribution >= 4 is 32.2 Å². The lowest BCUT2D eigenvalue weighted by Gasteiger charge is -2.03. The summed E-state index contributed by atoms with van der Waals surface area (Å²) in [6, 6.07) is 6.77. The Bertz CT molecular complexity index is 752. The van der Waals surface area contributed by atoms with Crippen LogP contribution in [0.25, 0.3) is 0 Å². The number of carbonyl (C=O) groups is 1. The summed E-state index contributed by atoms with van der Waals surface area (Å²) in [6.07, 6.45) is 0.632. The first-order chi connectivity index (χ1) is 10.4. The summed E-state index contributed by atoms with van der Waals surface area (Å²) in [7, 11) is -3.34. The van der Waals surface area contributed by atoms with Gasteiger partial charge >= 0.3 is 0 Å². The predicted octanol–water partition coefficient (Wildman–Crippen LogP) is 2.21. The van der Waals surface area contributed by atoms with Gasteiger partial charge in [-0.15, -0.1) is 10.2 Å². The maximum atomic E-state index is 12.2. The number of hydrogen-bond donors (Lipinski definition) is 1. The third-order valence-electron chi connectivity index (χ3n) is 3.00. The van der Waals surface area contributed by atoms with Gasteiger partial charge in [0.1, 0.15) is 5.01 Å². The number of anilines is 1. The Labute approximate surface area is 133 Å². The molecule has 2 aromatic rings. The normalized spacial score (nSPS) is 11.4. The van der Waals surface area contributed by atoms with E-state index in [2.05, 4.69) is 15.5 Å². The van der Waals surface area contributed by atoms with E-state index in [0.29, 0.717) is 21.5 Å². The zero-order chi connectivity index (χ0) is 16.2. The first-order valence-electron chi connectivity index (χ1n) is 6.82. The molecule has 0 saturated heterocycles. The molecule has 0 unspecified atom stereocenters. The van der Waals surface area contributed by atoms with Crippen LogP contribution < -0.4 is 5.32 Å². The van der Waals surface area contributed by atoms with Crippen LogP contribution in [0.5, 0.6) is 0 Å². The van der Waals surface area contributed by atoms with E-state index in [1.807, 2.05) is 6.92 Å². The fourth-order valence-corrected chi connectivity index (χ4v) is 3.83. The average Bonchev–Trinajstić information content (AvgIpc) is 2.93. The van der Waals surface area contributed by atoms with Crippen LogP contribution in [0.15, 0.2) is 29.2 Å². The Morgan fingerprint density at radius 3 is 2.55 bits per heavy atom. The van der Waals surface area contributed by atoms with Crippen molar-refractivity contribution in [3.8, 4) is 0 Å². The molecule has 0 radical (unpaired) electrons. The SMILES string of the molecule is CCC(=O)Nc1nnc(CCS(=O)(=O)c2ccc(C)cc2)s1. The molecular weight excluding hydrogens is 322 g/mol. The van der Waals surface area contributed by atoms with Crippen molar-refractivity contribution in [3.05, 3.63) is 34.8 Å². The lowest BCUT2D eigenvalue weighted by Crippen LogP contribution is -2.09. The highest BCUT2D eigenvalue weighted by Crippen LogP contribution is 2.18. The summed E-state index contributed by atoms with van der Waals surface area (Å²) >= 11 is 1.20. The number of amides is 1. The van der Waals surface area contributed by atoms with Gasteiger partial charge in [0.2, 0.25) is 11.0 Å². The van der Waals surface area contributed by atoms with Gasteiger partial charge in [0.05, 0.1) is 10.6 Å². The van der Waals surface area contributed by atoms with Gasteiger partial charge in [-0.05, 0) is 19.1 Å². The van der Waals surface area contributed by atoms with Gasteiger partial charge in [0.15, 0.2) is 9.84 Å². The molecule has 0 fully saturated rings. The smallest absolute Gasteiger partial charge is 0.225 e. The van der Waals surface area contributed by atoms with Crippen molar-refractivity contribution in [1.29, 1.82) is 0 Å². The zero-order valence-electron chi connectivity index (χ0n) is 12.4. The second kappa shape index (κ2) is 6.97. The van der Waals surface area contributed by atoms with Crippen LogP contribution in [0.1, 0.15) is 23.9 Å². The Morgan fingerprint density at radius 1 is 1.23 bits per heavy atom. The molecule has 0 saturated carbocycles. The fraction of sp³-hybridized carbons (Fsp3) is 0.357. The molecule has 2 rings (SSSR count). The van der Waals surface area contributed by atoms with E-state index >= 15 is 0 Å². The van der Waals surface area contributed by atoms with Crippen LogP contribution in [0, 0.1) is 6.92 Å². The number of sulfone groups is 1. The average molecular weight is 339 g/mol. The Morgan fingerprint density at radius 2 is 1.91 bits per heavy atom. The number of hydrogen-bond acceptors (Lipinski definition) is 6. The molecule has 118 valence electrons. The summed E-state index contributed by atoms with van der Waals surface area (Å²) < 4.78 is 24.5. The number of aromatic nitrogens is 2. The maximum absolute atomic E-state index is 12.2. The van der Waals surface area contributed by atoms with E-state index in [1.54, 1.807) is 31.2 Å². The predicted molar refractivity (Wildman–Crippen MR) is 85.8 cm³/mol. The van der Waals surface area contributed by atoms with Crippen LogP contribution in [0.3, 0.4) is 0 Å². The minimum absolute atomic E-state index is 0.0353. The van der Waals surface area contributed by atoms with Gasteiger partial charge in [0.25, 0.3) is 0 Å². The van der Waals surface area contributed by atoms with E-state index in [4.69, 9.17) is 0 Å². The van der Waals surface area contributed by atoms with E-state index in [-0.39, 0.29) is 18.1 Å². The van der Waals surface area contributed by atoms with Gasteiger partial charge in [0, 0.05) is 12.8 Å². The molecule has 0 aliphatic rings. The molecule has 8 heteroatoms. The Balaban J connectivity index is 2.00. The molecule has 6 nitrogen and oxygen atoms in total. The highest BCUT2D eigenvalue weighted by molar-refractivity contribution is 7.91. The first-order valence-corrected chi connectivity index (χ1v) is 9.29. The van der Waals surface area contributed by atoms with Gasteiger partial charge in [-0.3, -0.25) is 4.79 Å². The summed E-state index contributed by atoms with van der Waals surface area (Å²) in [6.45, 7) is 3.65. The maximum Gasteiger partial charge on any atom is 0.225 e. The Kier molecular flexibility index (Phi) is 5.25. The third-order valence-corrected chi connectivity index (χ3v) is 5.63. The van der Waals surface area contributed by atoms with Crippen LogP contribution in [0.2, 0.25) is 0 Å². The van der Waals surface area contributed by atoms with Crippen molar-refractivity contribution in [2.45, 2.75) is 31.6 Å². The quantitative estimate of drug-likeness (QED) is 0.871. The summed E-state index contributed by atoms with van der Waals surface area (Å²) in [5.74, 6) is -0.179. The third kappa shape index (κ3) is 4.35. The summed E-state index contributed by atoms with van der Waals surface area (Å²) in [5, 5.41) is 11.3. The second-order valence-corrected chi connectivity index (χ2v) is 7.96. The van der Waals surface area contributed by atoms with Crippen LogP contribution in [-0.2, 0) is 21.1 Å². The molecule has 22 heavy (non-hydrogen) atoms. The topological polar surface area (TPSA) is 89.0 Å². The van der Waals surface area contributed by atoms with Crippen molar-refractivity contribution < 1.29 is 13.2 Å². The number of aryl methyl sites for hydroxylation is 2. The number of benzene rings is 1. The van der Waals surface area contributed by atoms with E-state index in [0.717, 1.165) is 5.56 Å².